The first-order valence-corrected chi connectivity index (χ1v) is 11.8. The first kappa shape index (κ1) is 23.0. The number of hydrogen-bond donors (Lipinski definition) is 0. The van der Waals surface area contributed by atoms with E-state index in [1.54, 1.807) is 30.2 Å². The van der Waals surface area contributed by atoms with Gasteiger partial charge in [-0.05, 0) is 66.9 Å². The van der Waals surface area contributed by atoms with Crippen LogP contribution in [0, 0.1) is 0 Å². The molecular weight excluding hydrogens is 466 g/mol. The number of rotatable bonds is 7. The van der Waals surface area contributed by atoms with Crippen molar-refractivity contribution in [1.29, 1.82) is 0 Å². The van der Waals surface area contributed by atoms with Crippen molar-refractivity contribution in [3.8, 4) is 11.5 Å². The summed E-state index contributed by atoms with van der Waals surface area (Å²) in [6.45, 7) is 2.82. The molecule has 3 aromatic carbocycles. The predicted octanol–water partition coefficient (Wildman–Crippen LogP) is 5.64. The van der Waals surface area contributed by atoms with Crippen molar-refractivity contribution in [2.45, 2.75) is 19.4 Å². The minimum absolute atomic E-state index is 0.0753. The molecule has 0 saturated heterocycles. The van der Waals surface area contributed by atoms with Crippen molar-refractivity contribution in [2.24, 2.45) is 0 Å². The number of fused-ring (bicyclic) bond motifs is 2. The van der Waals surface area contributed by atoms with Gasteiger partial charge in [-0.1, -0.05) is 35.9 Å². The molecule has 35 heavy (non-hydrogen) atoms. The van der Waals surface area contributed by atoms with E-state index in [2.05, 4.69) is 0 Å². The van der Waals surface area contributed by atoms with Gasteiger partial charge in [-0.15, -0.1) is 0 Å². The number of methoxy groups -OCH3 is 1. The van der Waals surface area contributed by atoms with Gasteiger partial charge in [0.2, 0.25) is 5.76 Å². The van der Waals surface area contributed by atoms with Crippen molar-refractivity contribution >= 4 is 28.5 Å². The molecule has 7 heteroatoms. The molecule has 0 bridgehead atoms. The summed E-state index contributed by atoms with van der Waals surface area (Å²) < 4.78 is 16.9. The molecule has 0 saturated carbocycles. The molecule has 0 radical (unpaired) electrons. The van der Waals surface area contributed by atoms with E-state index < -0.39 is 6.04 Å². The average Bonchev–Trinajstić information content (AvgIpc) is 3.15. The number of hydrogen-bond acceptors (Lipinski definition) is 5. The molecular formula is C28H24ClNO5. The summed E-state index contributed by atoms with van der Waals surface area (Å²) >= 11 is 6.16. The van der Waals surface area contributed by atoms with Crippen molar-refractivity contribution in [3.63, 3.8) is 0 Å². The monoisotopic (exact) mass is 489 g/mol. The number of halogens is 1. The van der Waals surface area contributed by atoms with Crippen LogP contribution in [0.4, 0.5) is 0 Å². The molecule has 0 fully saturated rings. The Balaban J connectivity index is 1.60. The summed E-state index contributed by atoms with van der Waals surface area (Å²) in [7, 11) is 1.62. The van der Waals surface area contributed by atoms with Gasteiger partial charge in [0.25, 0.3) is 5.91 Å². The van der Waals surface area contributed by atoms with Crippen LogP contribution < -0.4 is 14.9 Å². The standard InChI is InChI=1S/C28H24ClNO5/c1-3-34-21-6-4-5-18(15-21)25-24-26(31)22-16-19(29)9-12-23(22)35-27(24)28(32)30(25)14-13-17-7-10-20(33-2)11-8-17/h4-12,15-16,25H,3,13-14H2,1-2H3/t25-/m0/s1. The van der Waals surface area contributed by atoms with E-state index in [1.807, 2.05) is 55.5 Å². The number of carbonyl (C=O) groups is 1. The second-order valence-corrected chi connectivity index (χ2v) is 8.76. The van der Waals surface area contributed by atoms with Gasteiger partial charge in [0.1, 0.15) is 17.1 Å². The van der Waals surface area contributed by atoms with Crippen molar-refractivity contribution in [1.82, 2.24) is 4.90 Å². The first-order chi connectivity index (χ1) is 17.0. The first-order valence-electron chi connectivity index (χ1n) is 11.4. The maximum Gasteiger partial charge on any atom is 0.290 e. The van der Waals surface area contributed by atoms with Gasteiger partial charge < -0.3 is 18.8 Å². The Morgan fingerprint density at radius 2 is 1.80 bits per heavy atom. The van der Waals surface area contributed by atoms with Crippen LogP contribution in [0.2, 0.25) is 5.02 Å². The van der Waals surface area contributed by atoms with Crippen molar-refractivity contribution < 1.29 is 18.7 Å². The fourth-order valence-corrected chi connectivity index (χ4v) is 4.72. The van der Waals surface area contributed by atoms with Crippen LogP contribution in [0.5, 0.6) is 11.5 Å². The Morgan fingerprint density at radius 1 is 1.00 bits per heavy atom. The van der Waals surface area contributed by atoms with Crippen LogP contribution in [0.3, 0.4) is 0 Å². The molecule has 0 N–H and O–H groups in total. The lowest BCUT2D eigenvalue weighted by Gasteiger charge is -2.25. The molecule has 0 unspecified atom stereocenters. The van der Waals surface area contributed by atoms with E-state index in [1.165, 1.54) is 0 Å². The minimum Gasteiger partial charge on any atom is -0.497 e. The third-order valence-corrected chi connectivity index (χ3v) is 6.45. The van der Waals surface area contributed by atoms with E-state index in [0.717, 1.165) is 16.9 Å². The summed E-state index contributed by atoms with van der Waals surface area (Å²) in [6.07, 6.45) is 0.602. The van der Waals surface area contributed by atoms with E-state index in [9.17, 15) is 9.59 Å². The highest BCUT2D eigenvalue weighted by Crippen LogP contribution is 2.39. The lowest BCUT2D eigenvalue weighted by molar-refractivity contribution is 0.0730. The molecule has 0 aliphatic carbocycles. The number of benzene rings is 3. The zero-order valence-corrected chi connectivity index (χ0v) is 20.2. The molecule has 1 atom stereocenters. The van der Waals surface area contributed by atoms with Gasteiger partial charge in [0, 0.05) is 11.6 Å². The van der Waals surface area contributed by atoms with E-state index in [-0.39, 0.29) is 17.1 Å². The zero-order chi connectivity index (χ0) is 24.5. The van der Waals surface area contributed by atoms with Crippen LogP contribution in [0.1, 0.15) is 40.2 Å². The van der Waals surface area contributed by atoms with Crippen LogP contribution in [0.15, 0.2) is 75.9 Å². The lowest BCUT2D eigenvalue weighted by atomic mass is 9.98. The quantitative estimate of drug-likeness (QED) is 0.336. The van der Waals surface area contributed by atoms with Crippen LogP contribution in [0.25, 0.3) is 11.0 Å². The number of nitrogens with zero attached hydrogens (tertiary/aromatic N) is 1. The summed E-state index contributed by atoms with van der Waals surface area (Å²) in [6, 6.07) is 19.5. The van der Waals surface area contributed by atoms with Gasteiger partial charge in [-0.25, -0.2) is 0 Å². The van der Waals surface area contributed by atoms with E-state index >= 15 is 0 Å². The highest BCUT2D eigenvalue weighted by Gasteiger charge is 2.42. The second kappa shape index (κ2) is 9.47. The maximum absolute atomic E-state index is 13.7. The largest absolute Gasteiger partial charge is 0.497 e. The molecule has 0 spiro atoms. The highest BCUT2D eigenvalue weighted by atomic mass is 35.5. The summed E-state index contributed by atoms with van der Waals surface area (Å²) in [5.74, 6) is 1.21. The fourth-order valence-electron chi connectivity index (χ4n) is 4.55. The third-order valence-electron chi connectivity index (χ3n) is 6.21. The van der Waals surface area contributed by atoms with Crippen LogP contribution >= 0.6 is 11.6 Å². The Kier molecular flexibility index (Phi) is 6.22. The van der Waals surface area contributed by atoms with Gasteiger partial charge in [-0.3, -0.25) is 9.59 Å². The topological polar surface area (TPSA) is 69.0 Å². The summed E-state index contributed by atoms with van der Waals surface area (Å²) in [5.41, 5.74) is 2.24. The Morgan fingerprint density at radius 3 is 2.54 bits per heavy atom. The Labute approximate surface area is 207 Å². The van der Waals surface area contributed by atoms with Crippen LogP contribution in [-0.4, -0.2) is 31.1 Å². The lowest BCUT2D eigenvalue weighted by Crippen LogP contribution is -2.31. The number of ether oxygens (including phenoxy) is 2. The molecule has 1 aromatic heterocycles. The number of carbonyl (C=O) groups excluding carboxylic acids is 1. The molecule has 5 rings (SSSR count). The van der Waals surface area contributed by atoms with Crippen molar-refractivity contribution in [3.05, 3.63) is 104 Å². The average molecular weight is 490 g/mol. The predicted molar refractivity (Wildman–Crippen MR) is 135 cm³/mol. The summed E-state index contributed by atoms with van der Waals surface area (Å²) in [4.78, 5) is 29.0. The normalized spacial score (nSPS) is 14.9. The van der Waals surface area contributed by atoms with E-state index in [0.29, 0.717) is 46.9 Å². The highest BCUT2D eigenvalue weighted by molar-refractivity contribution is 6.31. The van der Waals surface area contributed by atoms with E-state index in [4.69, 9.17) is 25.5 Å². The SMILES string of the molecule is CCOc1cccc([C@H]2c3c(oc4ccc(Cl)cc4c3=O)C(=O)N2CCc2ccc(OC)cc2)c1. The van der Waals surface area contributed by atoms with Gasteiger partial charge in [0.05, 0.1) is 30.7 Å². The Bertz CT molecular complexity index is 1460. The molecule has 1 aliphatic rings. The van der Waals surface area contributed by atoms with Gasteiger partial charge in [0.15, 0.2) is 5.43 Å². The molecule has 2 heterocycles. The Hall–Kier alpha value is -3.77. The minimum atomic E-state index is -0.601. The molecule has 6 nitrogen and oxygen atoms in total. The summed E-state index contributed by atoms with van der Waals surface area (Å²) in [5, 5.41) is 0.785. The fraction of sp³-hybridized carbons (Fsp3) is 0.214. The number of amides is 1. The van der Waals surface area contributed by atoms with Gasteiger partial charge in [-0.2, -0.15) is 0 Å². The smallest absolute Gasteiger partial charge is 0.290 e. The van der Waals surface area contributed by atoms with Gasteiger partial charge >= 0.3 is 0 Å². The molecule has 178 valence electrons. The molecule has 1 aliphatic heterocycles. The molecule has 4 aromatic rings. The molecule has 1 amide bonds. The third kappa shape index (κ3) is 4.26. The zero-order valence-electron chi connectivity index (χ0n) is 19.4. The van der Waals surface area contributed by atoms with Crippen LogP contribution in [-0.2, 0) is 6.42 Å². The maximum atomic E-state index is 13.7. The second-order valence-electron chi connectivity index (χ2n) is 8.32. The van der Waals surface area contributed by atoms with Crippen molar-refractivity contribution in [2.75, 3.05) is 20.3 Å².